The number of aliphatic carboxylic acids is 1. The number of carbonyl (C=O) groups is 3. The second kappa shape index (κ2) is 40.7. The number of ether oxygens (including phenoxy) is 1. The van der Waals surface area contributed by atoms with E-state index in [2.05, 4.69) is 43.5 Å². The van der Waals surface area contributed by atoms with Gasteiger partial charge >= 0.3 is 11.9 Å². The van der Waals surface area contributed by atoms with Gasteiger partial charge in [0, 0.05) is 12.8 Å². The molecule has 2 N–H and O–H groups in total. The average molecular weight is 718 g/mol. The fourth-order valence-corrected chi connectivity index (χ4v) is 6.60. The summed E-state index contributed by atoms with van der Waals surface area (Å²) in [6.45, 7) is 4.22. The molecule has 0 saturated heterocycles. The second-order valence-electron chi connectivity index (χ2n) is 15.0. The lowest BCUT2D eigenvalue weighted by Crippen LogP contribution is -2.28. The smallest absolute Gasteiger partial charge is 0.322 e. The maximum Gasteiger partial charge on any atom is 0.322 e. The van der Waals surface area contributed by atoms with Crippen LogP contribution in [0.3, 0.4) is 0 Å². The lowest BCUT2D eigenvalue weighted by Gasteiger charge is -2.18. The predicted molar refractivity (Wildman–Crippen MR) is 217 cm³/mol. The Morgan fingerprint density at radius 3 is 1.37 bits per heavy atom. The molecule has 6 heteroatoms. The van der Waals surface area contributed by atoms with Crippen molar-refractivity contribution in [3.63, 3.8) is 0 Å². The summed E-state index contributed by atoms with van der Waals surface area (Å²) in [5.41, 5.74) is 0. The van der Waals surface area contributed by atoms with Gasteiger partial charge < -0.3 is 15.2 Å². The average Bonchev–Trinajstić information content (AvgIpc) is 3.11. The summed E-state index contributed by atoms with van der Waals surface area (Å²) in [7, 11) is 0. The predicted octanol–water partition coefficient (Wildman–Crippen LogP) is 13.5. The normalized spacial score (nSPS) is 12.2. The molecule has 1 atom stereocenters. The summed E-state index contributed by atoms with van der Waals surface area (Å²) in [5.74, 6) is -1.23. The number of nitrogens with one attached hydrogen (secondary N) is 1. The number of hydrogen-bond donors (Lipinski definition) is 2. The van der Waals surface area contributed by atoms with Gasteiger partial charge in [0.25, 0.3) is 0 Å². The Balaban J connectivity index is 4.17. The van der Waals surface area contributed by atoms with E-state index >= 15 is 0 Å². The zero-order valence-corrected chi connectivity index (χ0v) is 33.7. The first-order chi connectivity index (χ1) is 25.0. The van der Waals surface area contributed by atoms with Crippen LogP contribution < -0.4 is 5.32 Å². The molecular weight excluding hydrogens is 634 g/mol. The van der Waals surface area contributed by atoms with Gasteiger partial charge in [-0.05, 0) is 70.6 Å². The fourth-order valence-electron chi connectivity index (χ4n) is 6.60. The number of unbranched alkanes of at least 4 members (excludes halogenated alkanes) is 25. The maximum absolute atomic E-state index is 12.8. The highest BCUT2D eigenvalue weighted by Gasteiger charge is 2.14. The maximum atomic E-state index is 12.8. The Morgan fingerprint density at radius 2 is 0.902 bits per heavy atom. The van der Waals surface area contributed by atoms with Crippen molar-refractivity contribution in [1.29, 1.82) is 0 Å². The SMILES string of the molecule is CCCCCC/C=C\C/C=C\CCCCCCCC(=O)OC(CCCCCCCCCCCCCCC)CCCCCCCC(=O)NCC(=O)O. The molecule has 0 aliphatic carbocycles. The molecule has 0 aromatic heterocycles. The zero-order chi connectivity index (χ0) is 37.3. The molecule has 0 rings (SSSR count). The van der Waals surface area contributed by atoms with Crippen LogP contribution in [0.5, 0.6) is 0 Å². The van der Waals surface area contributed by atoms with Crippen LogP contribution in [0.4, 0.5) is 0 Å². The van der Waals surface area contributed by atoms with Crippen molar-refractivity contribution in [1.82, 2.24) is 5.32 Å². The van der Waals surface area contributed by atoms with E-state index in [1.54, 1.807) is 0 Å². The van der Waals surface area contributed by atoms with Crippen LogP contribution in [0.15, 0.2) is 24.3 Å². The standard InChI is InChI=1S/C45H83NO5/c1-3-5-7-9-11-13-15-17-18-19-21-23-25-27-32-36-40-45(50)51-42(38-34-30-28-31-35-39-43(47)46-41-44(48)49)37-33-29-26-24-22-20-16-14-12-10-8-6-4-2/h13,15,18-19,42H,3-12,14,16-17,20-41H2,1-2H3,(H,46,47)(H,48,49)/b15-13-,19-18-. The Kier molecular flexibility index (Phi) is 39.0. The van der Waals surface area contributed by atoms with Crippen molar-refractivity contribution in [3.8, 4) is 0 Å². The third-order valence-corrected chi connectivity index (χ3v) is 9.88. The quantitative estimate of drug-likeness (QED) is 0.0374. The van der Waals surface area contributed by atoms with E-state index in [-0.39, 0.29) is 24.5 Å². The van der Waals surface area contributed by atoms with Gasteiger partial charge in [-0.1, -0.05) is 173 Å². The van der Waals surface area contributed by atoms with Crippen LogP contribution in [0, 0.1) is 0 Å². The molecule has 298 valence electrons. The molecule has 0 aromatic carbocycles. The molecule has 0 aromatic rings. The number of rotatable bonds is 40. The van der Waals surface area contributed by atoms with Crippen molar-refractivity contribution in [2.45, 2.75) is 238 Å². The molecule has 1 amide bonds. The van der Waals surface area contributed by atoms with E-state index in [0.29, 0.717) is 12.8 Å². The summed E-state index contributed by atoms with van der Waals surface area (Å²) < 4.78 is 6.03. The number of esters is 1. The van der Waals surface area contributed by atoms with Crippen molar-refractivity contribution in [3.05, 3.63) is 24.3 Å². The molecule has 6 nitrogen and oxygen atoms in total. The highest BCUT2D eigenvalue weighted by atomic mass is 16.5. The first-order valence-corrected chi connectivity index (χ1v) is 22.0. The van der Waals surface area contributed by atoms with E-state index in [1.807, 2.05) is 0 Å². The Morgan fingerprint density at radius 1 is 0.510 bits per heavy atom. The number of carbonyl (C=O) groups excluding carboxylic acids is 2. The highest BCUT2D eigenvalue weighted by Crippen LogP contribution is 2.19. The van der Waals surface area contributed by atoms with E-state index in [0.717, 1.165) is 77.0 Å². The van der Waals surface area contributed by atoms with Crippen LogP contribution in [-0.2, 0) is 19.1 Å². The minimum Gasteiger partial charge on any atom is -0.480 e. The first kappa shape index (κ1) is 48.9. The Bertz CT molecular complexity index is 838. The number of hydrogen-bond acceptors (Lipinski definition) is 4. The zero-order valence-electron chi connectivity index (χ0n) is 33.7. The van der Waals surface area contributed by atoms with Crippen LogP contribution in [-0.4, -0.2) is 35.6 Å². The topological polar surface area (TPSA) is 92.7 Å². The lowest BCUT2D eigenvalue weighted by molar-refractivity contribution is -0.150. The van der Waals surface area contributed by atoms with Crippen molar-refractivity contribution < 1.29 is 24.2 Å². The largest absolute Gasteiger partial charge is 0.480 e. The van der Waals surface area contributed by atoms with Crippen molar-refractivity contribution in [2.24, 2.45) is 0 Å². The van der Waals surface area contributed by atoms with Crippen LogP contribution >= 0.6 is 0 Å². The van der Waals surface area contributed by atoms with Gasteiger partial charge in [0.15, 0.2) is 0 Å². The fraction of sp³-hybridized carbons (Fsp3) is 0.844. The molecule has 1 unspecified atom stereocenters. The van der Waals surface area contributed by atoms with Gasteiger partial charge in [-0.15, -0.1) is 0 Å². The molecule has 0 aliphatic rings. The first-order valence-electron chi connectivity index (χ1n) is 22.0. The van der Waals surface area contributed by atoms with E-state index in [4.69, 9.17) is 9.84 Å². The Hall–Kier alpha value is -2.11. The minimum atomic E-state index is -1.02. The van der Waals surface area contributed by atoms with Gasteiger partial charge in [-0.25, -0.2) is 0 Å². The molecule has 0 spiro atoms. The van der Waals surface area contributed by atoms with Gasteiger partial charge in [0.2, 0.25) is 5.91 Å². The van der Waals surface area contributed by atoms with Crippen molar-refractivity contribution in [2.75, 3.05) is 6.54 Å². The van der Waals surface area contributed by atoms with Gasteiger partial charge in [-0.2, -0.15) is 0 Å². The van der Waals surface area contributed by atoms with E-state index in [1.165, 1.54) is 128 Å². The van der Waals surface area contributed by atoms with Crippen LogP contribution in [0.1, 0.15) is 232 Å². The summed E-state index contributed by atoms with van der Waals surface area (Å²) in [4.78, 5) is 35.0. The number of amides is 1. The summed E-state index contributed by atoms with van der Waals surface area (Å²) in [6, 6.07) is 0. The molecule has 0 saturated carbocycles. The molecule has 0 aliphatic heterocycles. The molecule has 0 fully saturated rings. The second-order valence-corrected chi connectivity index (χ2v) is 15.0. The van der Waals surface area contributed by atoms with Gasteiger partial charge in [-0.3, -0.25) is 14.4 Å². The highest BCUT2D eigenvalue weighted by molar-refractivity contribution is 5.80. The third kappa shape index (κ3) is 40.5. The number of carboxylic acid groups (broad SMARTS) is 1. The number of allylic oxidation sites excluding steroid dienone is 4. The van der Waals surface area contributed by atoms with Gasteiger partial charge in [0.1, 0.15) is 12.6 Å². The van der Waals surface area contributed by atoms with E-state index < -0.39 is 5.97 Å². The minimum absolute atomic E-state index is 0.0229. The lowest BCUT2D eigenvalue weighted by atomic mass is 10.0. The molecule has 0 radical (unpaired) electrons. The summed E-state index contributed by atoms with van der Waals surface area (Å²) in [6.07, 6.45) is 48.7. The summed E-state index contributed by atoms with van der Waals surface area (Å²) in [5, 5.41) is 11.1. The van der Waals surface area contributed by atoms with Crippen molar-refractivity contribution >= 4 is 17.8 Å². The molecule has 51 heavy (non-hydrogen) atoms. The molecule has 0 heterocycles. The Labute approximate surface area is 315 Å². The molecule has 0 bridgehead atoms. The molecular formula is C45H83NO5. The van der Waals surface area contributed by atoms with Crippen LogP contribution in [0.25, 0.3) is 0 Å². The van der Waals surface area contributed by atoms with Crippen LogP contribution in [0.2, 0.25) is 0 Å². The van der Waals surface area contributed by atoms with E-state index in [9.17, 15) is 14.4 Å². The monoisotopic (exact) mass is 718 g/mol. The van der Waals surface area contributed by atoms with Gasteiger partial charge in [0.05, 0.1) is 0 Å². The summed E-state index contributed by atoms with van der Waals surface area (Å²) >= 11 is 0. The third-order valence-electron chi connectivity index (χ3n) is 9.88. The number of carboxylic acids is 1.